The predicted molar refractivity (Wildman–Crippen MR) is 92.0 cm³/mol. The topological polar surface area (TPSA) is 72.3 Å². The minimum Gasteiger partial charge on any atom is -0.367 e. The average molecular weight is 349 g/mol. The minimum absolute atomic E-state index is 0.0765. The third-order valence-corrected chi connectivity index (χ3v) is 5.18. The van der Waals surface area contributed by atoms with Crippen LogP contribution in [0, 0.1) is 13.8 Å². The van der Waals surface area contributed by atoms with Gasteiger partial charge in [-0.15, -0.1) is 11.3 Å². The molecular formula is C16H23N5O2S. The predicted octanol–water partition coefficient (Wildman–Crippen LogP) is 2.34. The van der Waals surface area contributed by atoms with Gasteiger partial charge in [0.1, 0.15) is 11.1 Å². The highest BCUT2D eigenvalue weighted by molar-refractivity contribution is 7.09. The quantitative estimate of drug-likeness (QED) is 0.923. The maximum atomic E-state index is 12.6. The number of amides is 2. The molecule has 0 aliphatic carbocycles. The van der Waals surface area contributed by atoms with Gasteiger partial charge in [-0.1, -0.05) is 0 Å². The molecule has 0 unspecified atom stereocenters. The van der Waals surface area contributed by atoms with Crippen molar-refractivity contribution in [2.45, 2.75) is 32.9 Å². The van der Waals surface area contributed by atoms with E-state index in [1.165, 1.54) is 0 Å². The number of ether oxygens (including phenoxy) is 1. The van der Waals surface area contributed by atoms with Crippen molar-refractivity contribution in [1.82, 2.24) is 25.0 Å². The number of hydrogen-bond acceptors (Lipinski definition) is 5. The number of rotatable bonds is 3. The van der Waals surface area contributed by atoms with Crippen LogP contribution in [0.5, 0.6) is 0 Å². The normalized spacial score (nSPS) is 19.3. The first-order chi connectivity index (χ1) is 11.4. The van der Waals surface area contributed by atoms with E-state index in [2.05, 4.69) is 15.4 Å². The number of urea groups is 1. The van der Waals surface area contributed by atoms with E-state index in [1.54, 1.807) is 20.9 Å². The second kappa shape index (κ2) is 6.90. The number of carbonyl (C=O) groups is 1. The molecule has 2 aromatic heterocycles. The number of carbonyl (C=O) groups excluding carboxylic acids is 1. The highest BCUT2D eigenvalue weighted by Crippen LogP contribution is 2.25. The lowest BCUT2D eigenvalue weighted by Crippen LogP contribution is -2.47. The molecule has 24 heavy (non-hydrogen) atoms. The molecule has 1 saturated heterocycles. The number of hydrogen-bond donors (Lipinski definition) is 1. The molecule has 3 rings (SSSR count). The van der Waals surface area contributed by atoms with Gasteiger partial charge in [-0.25, -0.2) is 9.78 Å². The summed E-state index contributed by atoms with van der Waals surface area (Å²) >= 11 is 1.58. The highest BCUT2D eigenvalue weighted by Gasteiger charge is 2.28. The Kier molecular flexibility index (Phi) is 4.86. The molecule has 1 N–H and O–H groups in total. The molecular weight excluding hydrogens is 326 g/mol. The van der Waals surface area contributed by atoms with Crippen molar-refractivity contribution in [2.24, 2.45) is 7.05 Å². The second-order valence-electron chi connectivity index (χ2n) is 6.15. The SMILES string of the molecule is Cc1csc([C@H]2CN(C(=O)N[C@H](C)c3cn(C)nc3C)CCO2)n1. The molecule has 2 aromatic rings. The van der Waals surface area contributed by atoms with E-state index in [0.29, 0.717) is 19.7 Å². The van der Waals surface area contributed by atoms with Crippen molar-refractivity contribution < 1.29 is 9.53 Å². The average Bonchev–Trinajstić information content (AvgIpc) is 3.12. The fraction of sp³-hybridized carbons (Fsp3) is 0.562. The lowest BCUT2D eigenvalue weighted by molar-refractivity contribution is -0.0158. The summed E-state index contributed by atoms with van der Waals surface area (Å²) in [6, 6.07) is -0.165. The van der Waals surface area contributed by atoms with Gasteiger partial charge in [-0.2, -0.15) is 5.10 Å². The van der Waals surface area contributed by atoms with E-state index in [1.807, 2.05) is 39.4 Å². The molecule has 0 saturated carbocycles. The maximum Gasteiger partial charge on any atom is 0.318 e. The Hall–Kier alpha value is -1.93. The minimum atomic E-state index is -0.140. The molecule has 0 radical (unpaired) electrons. The second-order valence-corrected chi connectivity index (χ2v) is 7.04. The van der Waals surface area contributed by atoms with Crippen LogP contribution in [0.15, 0.2) is 11.6 Å². The first kappa shape index (κ1) is 16.9. The van der Waals surface area contributed by atoms with Crippen molar-refractivity contribution >= 4 is 17.4 Å². The molecule has 7 nitrogen and oxygen atoms in total. The van der Waals surface area contributed by atoms with Crippen LogP contribution >= 0.6 is 11.3 Å². The summed E-state index contributed by atoms with van der Waals surface area (Å²) in [5.41, 5.74) is 2.95. The third-order valence-electron chi connectivity index (χ3n) is 4.12. The first-order valence-electron chi connectivity index (χ1n) is 8.03. The van der Waals surface area contributed by atoms with Gasteiger partial charge in [-0.05, 0) is 20.8 Å². The summed E-state index contributed by atoms with van der Waals surface area (Å²) in [6.07, 6.45) is 1.81. The molecule has 0 aromatic carbocycles. The zero-order valence-electron chi connectivity index (χ0n) is 14.4. The van der Waals surface area contributed by atoms with E-state index >= 15 is 0 Å². The van der Waals surface area contributed by atoms with Gasteiger partial charge in [0.25, 0.3) is 0 Å². The Morgan fingerprint density at radius 3 is 2.92 bits per heavy atom. The maximum absolute atomic E-state index is 12.6. The van der Waals surface area contributed by atoms with E-state index in [9.17, 15) is 4.79 Å². The Balaban J connectivity index is 1.63. The molecule has 2 atom stereocenters. The summed E-state index contributed by atoms with van der Waals surface area (Å²) in [6.45, 7) is 7.53. The summed E-state index contributed by atoms with van der Waals surface area (Å²) in [5.74, 6) is 0. The van der Waals surface area contributed by atoms with E-state index in [4.69, 9.17) is 4.74 Å². The van der Waals surface area contributed by atoms with Gasteiger partial charge in [0.05, 0.1) is 24.9 Å². The van der Waals surface area contributed by atoms with Crippen LogP contribution < -0.4 is 5.32 Å². The van der Waals surface area contributed by atoms with Crippen molar-refractivity contribution in [3.8, 4) is 0 Å². The molecule has 130 valence electrons. The number of nitrogens with zero attached hydrogens (tertiary/aromatic N) is 4. The summed E-state index contributed by atoms with van der Waals surface area (Å²) in [7, 11) is 1.88. The number of nitrogens with one attached hydrogen (secondary N) is 1. The van der Waals surface area contributed by atoms with Gasteiger partial charge in [0.2, 0.25) is 0 Å². The van der Waals surface area contributed by atoms with E-state index < -0.39 is 0 Å². The molecule has 1 aliphatic rings. The number of aryl methyl sites for hydroxylation is 3. The van der Waals surface area contributed by atoms with Gasteiger partial charge in [0.15, 0.2) is 0 Å². The van der Waals surface area contributed by atoms with Gasteiger partial charge in [0, 0.05) is 36.4 Å². The smallest absolute Gasteiger partial charge is 0.318 e. The third kappa shape index (κ3) is 3.59. The monoisotopic (exact) mass is 349 g/mol. The lowest BCUT2D eigenvalue weighted by atomic mass is 10.1. The first-order valence-corrected chi connectivity index (χ1v) is 8.91. The lowest BCUT2D eigenvalue weighted by Gasteiger charge is -2.32. The van der Waals surface area contributed by atoms with E-state index in [-0.39, 0.29) is 18.2 Å². The van der Waals surface area contributed by atoms with Crippen molar-refractivity contribution in [3.05, 3.63) is 33.5 Å². The molecule has 3 heterocycles. The fourth-order valence-electron chi connectivity index (χ4n) is 2.90. The number of morpholine rings is 1. The zero-order valence-corrected chi connectivity index (χ0v) is 15.3. The largest absolute Gasteiger partial charge is 0.367 e. The Labute approximate surface area is 145 Å². The zero-order chi connectivity index (χ0) is 17.3. The van der Waals surface area contributed by atoms with Crippen LogP contribution in [0.2, 0.25) is 0 Å². The van der Waals surface area contributed by atoms with Crippen LogP contribution in [-0.2, 0) is 11.8 Å². The van der Waals surface area contributed by atoms with Crippen molar-refractivity contribution in [3.63, 3.8) is 0 Å². The molecule has 0 bridgehead atoms. The standard InChI is InChI=1S/C16H23N5O2S/c1-10-9-24-15(17-10)14-8-21(5-6-23-14)16(22)18-11(2)13-7-20(4)19-12(13)3/h7,9,11,14H,5-6,8H2,1-4H3,(H,18,22)/t11-,14-/m1/s1. The highest BCUT2D eigenvalue weighted by atomic mass is 32.1. The van der Waals surface area contributed by atoms with E-state index in [0.717, 1.165) is 22.0 Å². The van der Waals surface area contributed by atoms with Crippen LogP contribution in [0.4, 0.5) is 4.79 Å². The van der Waals surface area contributed by atoms with Gasteiger partial charge < -0.3 is 15.0 Å². The van der Waals surface area contributed by atoms with Crippen LogP contribution in [0.25, 0.3) is 0 Å². The van der Waals surface area contributed by atoms with Crippen molar-refractivity contribution in [2.75, 3.05) is 19.7 Å². The van der Waals surface area contributed by atoms with Crippen LogP contribution in [-0.4, -0.2) is 45.4 Å². The van der Waals surface area contributed by atoms with Crippen molar-refractivity contribution in [1.29, 1.82) is 0 Å². The molecule has 1 fully saturated rings. The number of aromatic nitrogens is 3. The molecule has 1 aliphatic heterocycles. The Morgan fingerprint density at radius 1 is 1.50 bits per heavy atom. The Morgan fingerprint density at radius 2 is 2.29 bits per heavy atom. The van der Waals surface area contributed by atoms with Gasteiger partial charge in [-0.3, -0.25) is 4.68 Å². The van der Waals surface area contributed by atoms with Gasteiger partial charge >= 0.3 is 6.03 Å². The molecule has 8 heteroatoms. The summed E-state index contributed by atoms with van der Waals surface area (Å²) in [5, 5.41) is 10.3. The summed E-state index contributed by atoms with van der Waals surface area (Å²) < 4.78 is 7.55. The van der Waals surface area contributed by atoms with Crippen LogP contribution in [0.1, 0.15) is 41.0 Å². The fourth-order valence-corrected chi connectivity index (χ4v) is 3.74. The Bertz CT molecular complexity index is 726. The number of thiazole rings is 1. The summed E-state index contributed by atoms with van der Waals surface area (Å²) in [4.78, 5) is 18.9. The molecule has 0 spiro atoms. The molecule has 2 amide bonds. The van der Waals surface area contributed by atoms with Crippen LogP contribution in [0.3, 0.4) is 0 Å².